The van der Waals surface area contributed by atoms with Gasteiger partial charge in [0.2, 0.25) is 0 Å². The fourth-order valence-corrected chi connectivity index (χ4v) is 2.12. The Balaban J connectivity index is 1.98. The van der Waals surface area contributed by atoms with Gasteiger partial charge >= 0.3 is 5.69 Å². The topological polar surface area (TPSA) is 104 Å². The highest BCUT2D eigenvalue weighted by molar-refractivity contribution is 6.05. The zero-order valence-electron chi connectivity index (χ0n) is 11.5. The van der Waals surface area contributed by atoms with Crippen molar-refractivity contribution in [1.82, 2.24) is 9.71 Å². The summed E-state index contributed by atoms with van der Waals surface area (Å²) in [6.07, 6.45) is 0. The maximum Gasteiger partial charge on any atom is 0.362 e. The molecule has 7 nitrogen and oxygen atoms in total. The van der Waals surface area contributed by atoms with Crippen LogP contribution < -0.4 is 16.6 Å². The highest BCUT2D eigenvalue weighted by Crippen LogP contribution is 2.15. The van der Waals surface area contributed by atoms with E-state index in [0.717, 1.165) is 6.07 Å². The molecule has 1 heterocycles. The number of aromatic nitrogens is 2. The van der Waals surface area contributed by atoms with Crippen molar-refractivity contribution < 1.29 is 14.4 Å². The van der Waals surface area contributed by atoms with E-state index in [1.807, 2.05) is 0 Å². The Morgan fingerprint density at radius 2 is 1.96 bits per heavy atom. The predicted octanol–water partition coefficient (Wildman–Crippen LogP) is 1.32. The monoisotopic (exact) mass is 315 g/mol. The van der Waals surface area contributed by atoms with Crippen molar-refractivity contribution in [2.24, 2.45) is 0 Å². The van der Waals surface area contributed by atoms with E-state index in [9.17, 15) is 24.0 Å². The van der Waals surface area contributed by atoms with Gasteiger partial charge in [-0.15, -0.1) is 0 Å². The molecule has 0 aliphatic rings. The number of anilines is 1. The van der Waals surface area contributed by atoms with Gasteiger partial charge in [0.05, 0.1) is 10.9 Å². The number of carbonyl (C=O) groups excluding carboxylic acids is 1. The number of aromatic amines is 1. The third-order valence-electron chi connectivity index (χ3n) is 3.22. The maximum absolute atomic E-state index is 13.1. The molecule has 8 heteroatoms. The van der Waals surface area contributed by atoms with Crippen LogP contribution in [0.2, 0.25) is 0 Å². The second-order valence-electron chi connectivity index (χ2n) is 4.77. The van der Waals surface area contributed by atoms with E-state index in [-0.39, 0.29) is 21.2 Å². The zero-order chi connectivity index (χ0) is 16.6. The summed E-state index contributed by atoms with van der Waals surface area (Å²) < 4.78 is 13.1. The van der Waals surface area contributed by atoms with Gasteiger partial charge < -0.3 is 15.5 Å². The third-order valence-corrected chi connectivity index (χ3v) is 3.22. The van der Waals surface area contributed by atoms with E-state index in [1.54, 1.807) is 0 Å². The fraction of sp³-hybridized carbons (Fsp3) is 0. The summed E-state index contributed by atoms with van der Waals surface area (Å²) in [4.78, 5) is 37.4. The van der Waals surface area contributed by atoms with Gasteiger partial charge in [0, 0.05) is 11.3 Å². The molecule has 3 rings (SSSR count). The SMILES string of the molecule is O=C(Nc1ccc2c(=O)n(O)c(=O)[nH]c2c1)c1cccc(F)c1. The largest absolute Gasteiger partial charge is 0.421 e. The molecule has 1 aromatic heterocycles. The highest BCUT2D eigenvalue weighted by Gasteiger charge is 2.10. The summed E-state index contributed by atoms with van der Waals surface area (Å²) >= 11 is 0. The van der Waals surface area contributed by atoms with Crippen LogP contribution in [0.1, 0.15) is 10.4 Å². The van der Waals surface area contributed by atoms with Crippen LogP contribution in [-0.4, -0.2) is 20.8 Å². The number of amides is 1. The van der Waals surface area contributed by atoms with Crippen molar-refractivity contribution in [3.63, 3.8) is 0 Å². The molecule has 0 atom stereocenters. The number of fused-ring (bicyclic) bond motifs is 1. The minimum Gasteiger partial charge on any atom is -0.421 e. The Morgan fingerprint density at radius 1 is 1.17 bits per heavy atom. The van der Waals surface area contributed by atoms with Crippen LogP contribution >= 0.6 is 0 Å². The quantitative estimate of drug-likeness (QED) is 0.620. The molecule has 0 bridgehead atoms. The van der Waals surface area contributed by atoms with Gasteiger partial charge in [0.1, 0.15) is 5.82 Å². The molecule has 0 aliphatic carbocycles. The number of carbonyl (C=O) groups is 1. The predicted molar refractivity (Wildman–Crippen MR) is 80.4 cm³/mol. The van der Waals surface area contributed by atoms with E-state index >= 15 is 0 Å². The molecule has 23 heavy (non-hydrogen) atoms. The number of halogens is 1. The summed E-state index contributed by atoms with van der Waals surface area (Å²) in [6, 6.07) is 9.31. The van der Waals surface area contributed by atoms with Crippen molar-refractivity contribution in [2.45, 2.75) is 0 Å². The molecule has 1 amide bonds. The molecule has 0 unspecified atom stereocenters. The van der Waals surface area contributed by atoms with Gasteiger partial charge in [-0.05, 0) is 36.4 Å². The number of rotatable bonds is 2. The molecule has 116 valence electrons. The summed E-state index contributed by atoms with van der Waals surface area (Å²) in [5.41, 5.74) is -1.27. The molecular formula is C15H10FN3O4. The molecule has 0 radical (unpaired) electrons. The summed E-state index contributed by atoms with van der Waals surface area (Å²) in [5, 5.41) is 11.9. The Bertz CT molecular complexity index is 1040. The fourth-order valence-electron chi connectivity index (χ4n) is 2.12. The summed E-state index contributed by atoms with van der Waals surface area (Å²) in [7, 11) is 0. The molecule has 3 aromatic rings. The van der Waals surface area contributed by atoms with Crippen molar-refractivity contribution >= 4 is 22.5 Å². The van der Waals surface area contributed by atoms with Crippen molar-refractivity contribution in [1.29, 1.82) is 0 Å². The average Bonchev–Trinajstić information content (AvgIpc) is 2.52. The Hall–Kier alpha value is -3.42. The van der Waals surface area contributed by atoms with Gasteiger partial charge in [-0.1, -0.05) is 10.8 Å². The second kappa shape index (κ2) is 5.41. The molecule has 0 fully saturated rings. The molecule has 0 spiro atoms. The van der Waals surface area contributed by atoms with Gasteiger partial charge in [-0.2, -0.15) is 0 Å². The lowest BCUT2D eigenvalue weighted by Crippen LogP contribution is -2.33. The summed E-state index contributed by atoms with van der Waals surface area (Å²) in [6.45, 7) is 0. The normalized spacial score (nSPS) is 10.7. The van der Waals surface area contributed by atoms with E-state index < -0.39 is 23.0 Å². The first kappa shape index (κ1) is 14.5. The molecule has 3 N–H and O–H groups in total. The average molecular weight is 315 g/mol. The minimum atomic E-state index is -0.990. The number of H-pyrrole nitrogens is 1. The first-order valence-corrected chi connectivity index (χ1v) is 6.51. The molecule has 2 aromatic carbocycles. The first-order valence-electron chi connectivity index (χ1n) is 6.51. The van der Waals surface area contributed by atoms with E-state index in [1.165, 1.54) is 36.4 Å². The van der Waals surface area contributed by atoms with Crippen molar-refractivity contribution in [3.8, 4) is 0 Å². The molecular weight excluding hydrogens is 305 g/mol. The van der Waals surface area contributed by atoms with E-state index in [4.69, 9.17) is 0 Å². The van der Waals surface area contributed by atoms with Crippen molar-refractivity contribution in [3.05, 3.63) is 74.7 Å². The maximum atomic E-state index is 13.1. The first-order chi connectivity index (χ1) is 11.0. The molecule has 0 saturated carbocycles. The molecule has 0 saturated heterocycles. The zero-order valence-corrected chi connectivity index (χ0v) is 11.5. The highest BCUT2D eigenvalue weighted by atomic mass is 19.1. The number of benzene rings is 2. The van der Waals surface area contributed by atoms with Crippen LogP contribution in [-0.2, 0) is 0 Å². The van der Waals surface area contributed by atoms with Crippen LogP contribution in [0, 0.1) is 5.82 Å². The number of nitrogens with zero attached hydrogens (tertiary/aromatic N) is 1. The number of hydrogen-bond donors (Lipinski definition) is 3. The molecule has 0 aliphatic heterocycles. The lowest BCUT2D eigenvalue weighted by Gasteiger charge is -2.07. The van der Waals surface area contributed by atoms with Gasteiger partial charge in [-0.25, -0.2) is 9.18 Å². The van der Waals surface area contributed by atoms with Crippen LogP contribution in [0.5, 0.6) is 0 Å². The second-order valence-corrected chi connectivity index (χ2v) is 4.77. The lowest BCUT2D eigenvalue weighted by atomic mass is 10.2. The third kappa shape index (κ3) is 2.69. The minimum absolute atomic E-state index is 0.0344. The van der Waals surface area contributed by atoms with Crippen LogP contribution in [0.25, 0.3) is 10.9 Å². The van der Waals surface area contributed by atoms with Gasteiger partial charge in [0.15, 0.2) is 0 Å². The van der Waals surface area contributed by atoms with Crippen molar-refractivity contribution in [2.75, 3.05) is 5.32 Å². The Kier molecular flexibility index (Phi) is 3.41. The van der Waals surface area contributed by atoms with E-state index in [0.29, 0.717) is 5.69 Å². The number of nitrogens with one attached hydrogen (secondary N) is 2. The lowest BCUT2D eigenvalue weighted by molar-refractivity contribution is 0.102. The van der Waals surface area contributed by atoms with Gasteiger partial charge in [-0.3, -0.25) is 9.59 Å². The van der Waals surface area contributed by atoms with Crippen LogP contribution in [0.4, 0.5) is 10.1 Å². The van der Waals surface area contributed by atoms with Crippen LogP contribution in [0.15, 0.2) is 52.1 Å². The van der Waals surface area contributed by atoms with Crippen LogP contribution in [0.3, 0.4) is 0 Å². The standard InChI is InChI=1S/C15H10FN3O4/c16-9-3-1-2-8(6-9)13(20)17-10-4-5-11-12(7-10)18-15(22)19(23)14(11)21/h1-7,23H,(H,17,20)(H,18,22). The number of hydrogen-bond acceptors (Lipinski definition) is 4. The Morgan fingerprint density at radius 3 is 2.70 bits per heavy atom. The van der Waals surface area contributed by atoms with Gasteiger partial charge in [0.25, 0.3) is 11.5 Å². The Labute approximate surface area is 127 Å². The smallest absolute Gasteiger partial charge is 0.362 e. The summed E-state index contributed by atoms with van der Waals surface area (Å²) in [5.74, 6) is -1.08. The van der Waals surface area contributed by atoms with E-state index in [2.05, 4.69) is 10.3 Å².